The van der Waals surface area contributed by atoms with Crippen LogP contribution in [0.1, 0.15) is 13.3 Å². The summed E-state index contributed by atoms with van der Waals surface area (Å²) >= 11 is 1.68. The lowest BCUT2D eigenvalue weighted by atomic mass is 10.3. The van der Waals surface area contributed by atoms with E-state index in [1.165, 1.54) is 0 Å². The molecule has 182 valence electrons. The van der Waals surface area contributed by atoms with Crippen LogP contribution < -0.4 is 15.0 Å². The average molecular weight is 503 g/mol. The number of rotatable bonds is 10. The van der Waals surface area contributed by atoms with Gasteiger partial charge in [-0.05, 0) is 31.2 Å². The number of hydrogen-bond donors (Lipinski definition) is 1. The van der Waals surface area contributed by atoms with Crippen molar-refractivity contribution < 1.29 is 17.9 Å². The maximum Gasteiger partial charge on any atom is 0.221 e. The van der Waals surface area contributed by atoms with Gasteiger partial charge in [-0.3, -0.25) is 9.69 Å². The third-order valence-corrected chi connectivity index (χ3v) is 8.58. The second kappa shape index (κ2) is 11.2. The molecule has 1 aliphatic heterocycles. The first-order valence-corrected chi connectivity index (χ1v) is 14.0. The Balaban J connectivity index is 1.19. The maximum absolute atomic E-state index is 12.3. The van der Waals surface area contributed by atoms with Crippen molar-refractivity contribution in [2.24, 2.45) is 0 Å². The van der Waals surface area contributed by atoms with Crippen LogP contribution in [0.25, 0.3) is 10.2 Å². The molecule has 34 heavy (non-hydrogen) atoms. The van der Waals surface area contributed by atoms with Crippen molar-refractivity contribution in [2.75, 3.05) is 56.5 Å². The molecule has 0 spiro atoms. The number of sulfone groups is 1. The molecular weight excluding hydrogens is 472 g/mol. The number of para-hydroxylation sites is 1. The van der Waals surface area contributed by atoms with Crippen molar-refractivity contribution >= 4 is 42.4 Å². The van der Waals surface area contributed by atoms with Crippen LogP contribution >= 0.6 is 11.3 Å². The molecule has 3 aromatic rings. The van der Waals surface area contributed by atoms with Crippen LogP contribution in [-0.2, 0) is 14.6 Å². The number of carbonyl (C=O) groups excluding carboxylic acids is 1. The number of benzene rings is 2. The highest BCUT2D eigenvalue weighted by Gasteiger charge is 2.21. The number of amides is 1. The van der Waals surface area contributed by atoms with Gasteiger partial charge in [0.15, 0.2) is 15.0 Å². The fourth-order valence-electron chi connectivity index (χ4n) is 3.90. The summed E-state index contributed by atoms with van der Waals surface area (Å²) in [4.78, 5) is 21.8. The van der Waals surface area contributed by atoms with Crippen molar-refractivity contribution in [2.45, 2.75) is 18.2 Å². The lowest BCUT2D eigenvalue weighted by molar-refractivity contribution is -0.120. The fraction of sp³-hybridized carbons (Fsp3) is 0.417. The predicted molar refractivity (Wildman–Crippen MR) is 136 cm³/mol. The molecule has 1 N–H and O–H groups in total. The van der Waals surface area contributed by atoms with Crippen LogP contribution in [0.4, 0.5) is 5.13 Å². The van der Waals surface area contributed by atoms with Gasteiger partial charge in [-0.25, -0.2) is 13.4 Å². The second-order valence-electron chi connectivity index (χ2n) is 8.09. The summed E-state index contributed by atoms with van der Waals surface area (Å²) in [5.74, 6) is 0.403. The zero-order valence-corrected chi connectivity index (χ0v) is 20.9. The summed E-state index contributed by atoms with van der Waals surface area (Å²) in [6.45, 7) is 7.33. The molecule has 1 saturated heterocycles. The Bertz CT molecular complexity index is 1210. The largest absolute Gasteiger partial charge is 0.492 e. The lowest BCUT2D eigenvalue weighted by Crippen LogP contribution is -2.48. The van der Waals surface area contributed by atoms with E-state index in [2.05, 4.69) is 21.2 Å². The van der Waals surface area contributed by atoms with Gasteiger partial charge in [0.25, 0.3) is 0 Å². The van der Waals surface area contributed by atoms with Gasteiger partial charge < -0.3 is 15.0 Å². The minimum absolute atomic E-state index is 0.0354. The molecule has 2 heterocycles. The van der Waals surface area contributed by atoms with Gasteiger partial charge in [-0.1, -0.05) is 35.6 Å². The lowest BCUT2D eigenvalue weighted by Gasteiger charge is -2.34. The second-order valence-corrected chi connectivity index (χ2v) is 11.2. The Morgan fingerprint density at radius 3 is 2.59 bits per heavy atom. The molecule has 10 heteroatoms. The van der Waals surface area contributed by atoms with Gasteiger partial charge in [0, 0.05) is 45.7 Å². The van der Waals surface area contributed by atoms with Gasteiger partial charge in [0.2, 0.25) is 5.91 Å². The fourth-order valence-corrected chi connectivity index (χ4v) is 6.19. The van der Waals surface area contributed by atoms with E-state index in [4.69, 9.17) is 9.72 Å². The summed E-state index contributed by atoms with van der Waals surface area (Å²) < 4.78 is 31.5. The first-order valence-electron chi connectivity index (χ1n) is 11.5. The number of aromatic nitrogens is 1. The Hall–Kier alpha value is -2.69. The van der Waals surface area contributed by atoms with Crippen LogP contribution in [0.3, 0.4) is 0 Å². The van der Waals surface area contributed by atoms with Gasteiger partial charge in [0.05, 0.1) is 22.0 Å². The minimum atomic E-state index is -3.44. The zero-order valence-electron chi connectivity index (χ0n) is 19.3. The Labute approximate surface area is 204 Å². The van der Waals surface area contributed by atoms with Crippen LogP contribution in [0.15, 0.2) is 53.4 Å². The summed E-state index contributed by atoms with van der Waals surface area (Å²) in [7, 11) is -3.44. The molecule has 4 rings (SSSR count). The Morgan fingerprint density at radius 2 is 1.85 bits per heavy atom. The third kappa shape index (κ3) is 6.05. The molecule has 2 aromatic carbocycles. The van der Waals surface area contributed by atoms with E-state index in [-0.39, 0.29) is 23.0 Å². The van der Waals surface area contributed by atoms with Crippen LogP contribution in [0.5, 0.6) is 5.75 Å². The first kappa shape index (κ1) is 24.4. The third-order valence-electron chi connectivity index (χ3n) is 5.76. The molecule has 0 aliphatic carbocycles. The van der Waals surface area contributed by atoms with E-state index < -0.39 is 9.84 Å². The van der Waals surface area contributed by atoms with Crippen molar-refractivity contribution in [1.29, 1.82) is 0 Å². The van der Waals surface area contributed by atoms with E-state index in [1.807, 2.05) is 19.1 Å². The smallest absolute Gasteiger partial charge is 0.221 e. The highest BCUT2D eigenvalue weighted by Crippen LogP contribution is 2.34. The number of carbonyl (C=O) groups is 1. The molecule has 0 atom stereocenters. The Morgan fingerprint density at radius 1 is 1.09 bits per heavy atom. The predicted octanol–water partition coefficient (Wildman–Crippen LogP) is 2.80. The molecule has 0 bridgehead atoms. The zero-order chi connectivity index (χ0) is 24.0. The number of hydrogen-bond acceptors (Lipinski definition) is 8. The topological polar surface area (TPSA) is 91.8 Å². The SMILES string of the molecule is CCOc1cccc2sc(N3CCN(CCNC(=O)CCS(=O)(=O)c4ccccc4)CC3)nc12. The summed E-state index contributed by atoms with van der Waals surface area (Å²) in [6.07, 6.45) is -0.0354. The van der Waals surface area contributed by atoms with Crippen molar-refractivity contribution in [3.05, 3.63) is 48.5 Å². The van der Waals surface area contributed by atoms with Gasteiger partial charge >= 0.3 is 0 Å². The first-order chi connectivity index (χ1) is 16.5. The quantitative estimate of drug-likeness (QED) is 0.456. The van der Waals surface area contributed by atoms with E-state index in [1.54, 1.807) is 41.7 Å². The number of anilines is 1. The van der Waals surface area contributed by atoms with Crippen molar-refractivity contribution in [1.82, 2.24) is 15.2 Å². The van der Waals surface area contributed by atoms with Gasteiger partial charge in [-0.15, -0.1) is 0 Å². The number of ether oxygens (including phenoxy) is 1. The standard InChI is InChI=1S/C24H30N4O4S2/c1-2-32-20-9-6-10-21-23(20)26-24(33-21)28-16-14-27(15-17-28)13-12-25-22(29)11-18-34(30,31)19-7-4-3-5-8-19/h3-10H,2,11-18H2,1H3,(H,25,29). The van der Waals surface area contributed by atoms with E-state index in [9.17, 15) is 13.2 Å². The number of piperazine rings is 1. The molecule has 0 radical (unpaired) electrons. The van der Waals surface area contributed by atoms with Gasteiger partial charge in [0.1, 0.15) is 11.3 Å². The number of fused-ring (bicyclic) bond motifs is 1. The molecular formula is C24H30N4O4S2. The van der Waals surface area contributed by atoms with Crippen molar-refractivity contribution in [3.63, 3.8) is 0 Å². The Kier molecular flexibility index (Phi) is 8.02. The van der Waals surface area contributed by atoms with E-state index in [0.29, 0.717) is 13.2 Å². The molecule has 0 saturated carbocycles. The van der Waals surface area contributed by atoms with Gasteiger partial charge in [-0.2, -0.15) is 0 Å². The molecule has 1 aliphatic rings. The van der Waals surface area contributed by atoms with Crippen LogP contribution in [0, 0.1) is 0 Å². The number of thiazole rings is 1. The highest BCUT2D eigenvalue weighted by atomic mass is 32.2. The van der Waals surface area contributed by atoms with E-state index in [0.717, 1.165) is 53.8 Å². The number of nitrogens with zero attached hydrogens (tertiary/aromatic N) is 3. The highest BCUT2D eigenvalue weighted by molar-refractivity contribution is 7.91. The van der Waals surface area contributed by atoms with Crippen LogP contribution in [-0.4, -0.2) is 75.8 Å². The summed E-state index contributed by atoms with van der Waals surface area (Å²) in [5, 5.41) is 3.86. The monoisotopic (exact) mass is 502 g/mol. The average Bonchev–Trinajstić information content (AvgIpc) is 3.29. The van der Waals surface area contributed by atoms with E-state index >= 15 is 0 Å². The molecule has 1 aromatic heterocycles. The molecule has 1 amide bonds. The minimum Gasteiger partial charge on any atom is -0.492 e. The number of nitrogens with one attached hydrogen (secondary N) is 1. The summed E-state index contributed by atoms with van der Waals surface area (Å²) in [6, 6.07) is 14.3. The van der Waals surface area contributed by atoms with Crippen LogP contribution in [0.2, 0.25) is 0 Å². The van der Waals surface area contributed by atoms with Crippen molar-refractivity contribution in [3.8, 4) is 5.75 Å². The molecule has 0 unspecified atom stereocenters. The molecule has 1 fully saturated rings. The summed E-state index contributed by atoms with van der Waals surface area (Å²) in [5.41, 5.74) is 0.920. The molecule has 8 nitrogen and oxygen atoms in total. The normalized spacial score (nSPS) is 14.9. The maximum atomic E-state index is 12.3.